The van der Waals surface area contributed by atoms with Crippen LogP contribution in [0.15, 0.2) is 22.7 Å². The Kier molecular flexibility index (Phi) is 3.42. The van der Waals surface area contributed by atoms with Crippen LogP contribution >= 0.6 is 15.9 Å². The molecule has 0 aliphatic heterocycles. The zero-order chi connectivity index (χ0) is 9.84. The number of Topliss-reactive ketones (excluding diaryl/α,β-unsaturated/α-hetero) is 1. The lowest BCUT2D eigenvalue weighted by Crippen LogP contribution is -2.10. The predicted molar refractivity (Wildman–Crippen MR) is 53.3 cm³/mol. The molecule has 1 N–H and O–H groups in total. The van der Waals surface area contributed by atoms with Crippen LogP contribution in [-0.2, 0) is 4.79 Å². The van der Waals surface area contributed by atoms with Gasteiger partial charge in [0.2, 0.25) is 0 Å². The normalized spacial score (nSPS) is 9.77. The lowest BCUT2D eigenvalue weighted by atomic mass is 10.3. The molecule has 0 atom stereocenters. The minimum atomic E-state index is -0.357. The van der Waals surface area contributed by atoms with E-state index >= 15 is 0 Å². The van der Waals surface area contributed by atoms with E-state index in [0.29, 0.717) is 5.69 Å². The van der Waals surface area contributed by atoms with Gasteiger partial charge < -0.3 is 5.32 Å². The molecule has 0 aromatic heterocycles. The smallest absolute Gasteiger partial charge is 0.148 e. The number of hydrogen-bond acceptors (Lipinski definition) is 2. The van der Waals surface area contributed by atoms with Crippen molar-refractivity contribution in [1.82, 2.24) is 0 Å². The highest BCUT2D eigenvalue weighted by molar-refractivity contribution is 9.10. The summed E-state index contributed by atoms with van der Waals surface area (Å²) >= 11 is 3.21. The van der Waals surface area contributed by atoms with E-state index in [-0.39, 0.29) is 18.1 Å². The van der Waals surface area contributed by atoms with Gasteiger partial charge in [0.15, 0.2) is 0 Å². The molecule has 0 amide bonds. The van der Waals surface area contributed by atoms with Gasteiger partial charge in [-0.2, -0.15) is 0 Å². The molecule has 4 heteroatoms. The highest BCUT2D eigenvalue weighted by Crippen LogP contribution is 2.19. The lowest BCUT2D eigenvalue weighted by molar-refractivity contribution is -0.115. The Labute approximate surface area is 84.3 Å². The molecule has 0 radical (unpaired) electrons. The molecule has 2 nitrogen and oxygen atoms in total. The Bertz CT molecular complexity index is 327. The molecule has 70 valence electrons. The van der Waals surface area contributed by atoms with E-state index in [9.17, 15) is 9.18 Å². The van der Waals surface area contributed by atoms with E-state index in [1.165, 1.54) is 13.0 Å². The maximum atomic E-state index is 13.0. The zero-order valence-electron chi connectivity index (χ0n) is 7.10. The second-order valence-corrected chi connectivity index (χ2v) is 3.60. The fourth-order valence-electron chi connectivity index (χ4n) is 0.853. The number of benzene rings is 1. The van der Waals surface area contributed by atoms with E-state index in [4.69, 9.17) is 0 Å². The number of halogens is 2. The average molecular weight is 246 g/mol. The number of carbonyl (C=O) groups excluding carboxylic acids is 1. The van der Waals surface area contributed by atoms with Crippen LogP contribution in [0.1, 0.15) is 6.92 Å². The summed E-state index contributed by atoms with van der Waals surface area (Å²) in [6, 6.07) is 4.54. The van der Waals surface area contributed by atoms with Crippen LogP contribution in [0, 0.1) is 5.82 Å². The second kappa shape index (κ2) is 4.37. The molecule has 0 aliphatic carbocycles. The van der Waals surface area contributed by atoms with Crippen molar-refractivity contribution >= 4 is 27.4 Å². The number of nitrogens with one attached hydrogen (secondary N) is 1. The van der Waals surface area contributed by atoms with E-state index in [0.717, 1.165) is 4.47 Å². The molecule has 0 aliphatic rings. The molecule has 0 saturated heterocycles. The Balaban J connectivity index is 2.75. The maximum Gasteiger partial charge on any atom is 0.148 e. The summed E-state index contributed by atoms with van der Waals surface area (Å²) in [5, 5.41) is 2.70. The highest BCUT2D eigenvalue weighted by atomic mass is 79.9. The SMILES string of the molecule is CC(=O)CNc1cc(Br)ccc1F. The van der Waals surface area contributed by atoms with Crippen LogP contribution in [0.3, 0.4) is 0 Å². The average Bonchev–Trinajstić information content (AvgIpc) is 2.06. The first-order valence-corrected chi connectivity index (χ1v) is 4.57. The second-order valence-electron chi connectivity index (χ2n) is 2.68. The largest absolute Gasteiger partial charge is 0.376 e. The van der Waals surface area contributed by atoms with E-state index < -0.39 is 0 Å². The molecule has 0 fully saturated rings. The summed E-state index contributed by atoms with van der Waals surface area (Å²) < 4.78 is 13.8. The van der Waals surface area contributed by atoms with Crippen molar-refractivity contribution in [2.45, 2.75) is 6.92 Å². The third kappa shape index (κ3) is 3.14. The molecule has 13 heavy (non-hydrogen) atoms. The first kappa shape index (κ1) is 10.2. The van der Waals surface area contributed by atoms with E-state index in [1.807, 2.05) is 0 Å². The van der Waals surface area contributed by atoms with Gasteiger partial charge in [-0.05, 0) is 25.1 Å². The van der Waals surface area contributed by atoms with Gasteiger partial charge in [-0.25, -0.2) is 4.39 Å². The molecule has 0 heterocycles. The fourth-order valence-corrected chi connectivity index (χ4v) is 1.21. The Morgan fingerprint density at radius 3 is 2.92 bits per heavy atom. The minimum absolute atomic E-state index is 0.0284. The number of rotatable bonds is 3. The quantitative estimate of drug-likeness (QED) is 0.888. The van der Waals surface area contributed by atoms with Crippen LogP contribution in [0.25, 0.3) is 0 Å². The van der Waals surface area contributed by atoms with Crippen LogP contribution in [-0.4, -0.2) is 12.3 Å². The van der Waals surface area contributed by atoms with Gasteiger partial charge in [0, 0.05) is 4.47 Å². The molecular weight excluding hydrogens is 237 g/mol. The summed E-state index contributed by atoms with van der Waals surface area (Å²) in [7, 11) is 0. The lowest BCUT2D eigenvalue weighted by Gasteiger charge is -2.05. The number of ketones is 1. The van der Waals surface area contributed by atoms with Gasteiger partial charge in [0.1, 0.15) is 11.6 Å². The summed E-state index contributed by atoms with van der Waals surface area (Å²) in [6.45, 7) is 1.59. The molecule has 0 saturated carbocycles. The monoisotopic (exact) mass is 245 g/mol. The van der Waals surface area contributed by atoms with Gasteiger partial charge in [0.25, 0.3) is 0 Å². The Morgan fingerprint density at radius 1 is 1.62 bits per heavy atom. The van der Waals surface area contributed by atoms with Crippen molar-refractivity contribution < 1.29 is 9.18 Å². The summed E-state index contributed by atoms with van der Waals surface area (Å²) in [5.41, 5.74) is 0.338. The van der Waals surface area contributed by atoms with Gasteiger partial charge in [0.05, 0.1) is 12.2 Å². The zero-order valence-corrected chi connectivity index (χ0v) is 8.69. The number of hydrogen-bond donors (Lipinski definition) is 1. The predicted octanol–water partition coefficient (Wildman–Crippen LogP) is 2.59. The van der Waals surface area contributed by atoms with Crippen molar-refractivity contribution in [2.24, 2.45) is 0 Å². The summed E-state index contributed by atoms with van der Waals surface area (Å²) in [6.07, 6.45) is 0. The van der Waals surface area contributed by atoms with Crippen molar-refractivity contribution in [3.8, 4) is 0 Å². The van der Waals surface area contributed by atoms with E-state index in [1.54, 1.807) is 12.1 Å². The van der Waals surface area contributed by atoms with Gasteiger partial charge in [-0.1, -0.05) is 15.9 Å². The van der Waals surface area contributed by atoms with Crippen molar-refractivity contribution in [1.29, 1.82) is 0 Å². The third-order valence-electron chi connectivity index (χ3n) is 1.46. The first-order valence-electron chi connectivity index (χ1n) is 3.78. The van der Waals surface area contributed by atoms with Gasteiger partial charge in [-0.15, -0.1) is 0 Å². The minimum Gasteiger partial charge on any atom is -0.376 e. The van der Waals surface area contributed by atoms with Crippen molar-refractivity contribution in [3.05, 3.63) is 28.5 Å². The number of anilines is 1. The van der Waals surface area contributed by atoms with Crippen LogP contribution in [0.4, 0.5) is 10.1 Å². The molecule has 1 aromatic rings. The van der Waals surface area contributed by atoms with Gasteiger partial charge >= 0.3 is 0 Å². The standard InChI is InChI=1S/C9H9BrFNO/c1-6(13)5-12-9-4-7(10)2-3-8(9)11/h2-4,12H,5H2,1H3. The number of carbonyl (C=O) groups is 1. The van der Waals surface area contributed by atoms with Gasteiger partial charge in [-0.3, -0.25) is 4.79 Å². The highest BCUT2D eigenvalue weighted by Gasteiger charge is 2.02. The third-order valence-corrected chi connectivity index (χ3v) is 1.95. The topological polar surface area (TPSA) is 29.1 Å². The van der Waals surface area contributed by atoms with Crippen LogP contribution in [0.2, 0.25) is 0 Å². The van der Waals surface area contributed by atoms with E-state index in [2.05, 4.69) is 21.2 Å². The summed E-state index contributed by atoms with van der Waals surface area (Å²) in [5.74, 6) is -0.385. The van der Waals surface area contributed by atoms with Crippen molar-refractivity contribution in [3.63, 3.8) is 0 Å². The Hall–Kier alpha value is -0.900. The fraction of sp³-hybridized carbons (Fsp3) is 0.222. The first-order chi connectivity index (χ1) is 6.09. The molecule has 1 rings (SSSR count). The van der Waals surface area contributed by atoms with Crippen LogP contribution < -0.4 is 5.32 Å². The van der Waals surface area contributed by atoms with Crippen molar-refractivity contribution in [2.75, 3.05) is 11.9 Å². The maximum absolute atomic E-state index is 13.0. The molecule has 0 spiro atoms. The molecule has 0 bridgehead atoms. The molecular formula is C9H9BrFNO. The Morgan fingerprint density at radius 2 is 2.31 bits per heavy atom. The van der Waals surface area contributed by atoms with Crippen LogP contribution in [0.5, 0.6) is 0 Å². The molecule has 1 aromatic carbocycles. The molecule has 0 unspecified atom stereocenters. The summed E-state index contributed by atoms with van der Waals surface area (Å²) in [4.78, 5) is 10.6.